The fourth-order valence-electron chi connectivity index (χ4n) is 2.24. The lowest BCUT2D eigenvalue weighted by Gasteiger charge is -2.21. The molecular formula is C14H17FN2OS2. The SMILES string of the molecule is NC(=S)c1cc(F)ccc1NC(=O)CC1CCSCC1. The molecule has 0 radical (unpaired) electrons. The van der Waals surface area contributed by atoms with Crippen molar-refractivity contribution in [2.24, 2.45) is 11.7 Å². The minimum Gasteiger partial charge on any atom is -0.389 e. The van der Waals surface area contributed by atoms with Gasteiger partial charge in [0.1, 0.15) is 10.8 Å². The van der Waals surface area contributed by atoms with Crippen molar-refractivity contribution < 1.29 is 9.18 Å². The van der Waals surface area contributed by atoms with Crippen molar-refractivity contribution >= 4 is 40.6 Å². The summed E-state index contributed by atoms with van der Waals surface area (Å²) < 4.78 is 13.2. The molecule has 3 nitrogen and oxygen atoms in total. The Morgan fingerprint density at radius 3 is 2.80 bits per heavy atom. The summed E-state index contributed by atoms with van der Waals surface area (Å²) in [6.45, 7) is 0. The molecule has 0 aromatic heterocycles. The van der Waals surface area contributed by atoms with Crippen molar-refractivity contribution in [3.05, 3.63) is 29.6 Å². The van der Waals surface area contributed by atoms with Gasteiger partial charge in [-0.2, -0.15) is 11.8 Å². The number of rotatable bonds is 4. The molecule has 0 bridgehead atoms. The van der Waals surface area contributed by atoms with E-state index in [0.29, 0.717) is 23.6 Å². The number of nitrogens with one attached hydrogen (secondary N) is 1. The molecule has 2 rings (SSSR count). The van der Waals surface area contributed by atoms with Crippen LogP contribution in [0.15, 0.2) is 18.2 Å². The number of amides is 1. The van der Waals surface area contributed by atoms with Gasteiger partial charge in [0, 0.05) is 12.0 Å². The van der Waals surface area contributed by atoms with Gasteiger partial charge in [-0.15, -0.1) is 0 Å². The number of carbonyl (C=O) groups excluding carboxylic acids is 1. The topological polar surface area (TPSA) is 55.1 Å². The Labute approximate surface area is 127 Å². The molecule has 1 amide bonds. The van der Waals surface area contributed by atoms with Crippen LogP contribution in [0.1, 0.15) is 24.8 Å². The van der Waals surface area contributed by atoms with Crippen LogP contribution in [0.2, 0.25) is 0 Å². The standard InChI is InChI=1S/C14H17FN2OS2/c15-10-1-2-12(11(8-10)14(16)19)17-13(18)7-9-3-5-20-6-4-9/h1-2,8-9H,3-7H2,(H2,16,19)(H,17,18). The van der Waals surface area contributed by atoms with Crippen molar-refractivity contribution in [3.63, 3.8) is 0 Å². The minimum atomic E-state index is -0.421. The predicted molar refractivity (Wildman–Crippen MR) is 85.6 cm³/mol. The fourth-order valence-corrected chi connectivity index (χ4v) is 3.62. The molecule has 0 spiro atoms. The first-order valence-corrected chi connectivity index (χ1v) is 8.09. The van der Waals surface area contributed by atoms with Gasteiger partial charge >= 0.3 is 0 Å². The van der Waals surface area contributed by atoms with Gasteiger partial charge in [-0.3, -0.25) is 4.79 Å². The third kappa shape index (κ3) is 4.18. The van der Waals surface area contributed by atoms with E-state index in [1.165, 1.54) is 18.2 Å². The fraction of sp³-hybridized carbons (Fsp3) is 0.429. The van der Waals surface area contributed by atoms with Crippen LogP contribution < -0.4 is 11.1 Å². The molecule has 0 saturated carbocycles. The van der Waals surface area contributed by atoms with Crippen LogP contribution >= 0.6 is 24.0 Å². The number of carbonyl (C=O) groups is 1. The Morgan fingerprint density at radius 1 is 1.45 bits per heavy atom. The lowest BCUT2D eigenvalue weighted by atomic mass is 9.98. The third-order valence-electron chi connectivity index (χ3n) is 3.34. The Hall–Kier alpha value is -1.14. The number of nitrogens with two attached hydrogens (primary N) is 1. The molecule has 1 heterocycles. The highest BCUT2D eigenvalue weighted by atomic mass is 32.2. The molecule has 6 heteroatoms. The largest absolute Gasteiger partial charge is 0.389 e. The van der Waals surface area contributed by atoms with Gasteiger partial charge in [-0.25, -0.2) is 4.39 Å². The number of hydrogen-bond acceptors (Lipinski definition) is 3. The molecule has 0 aliphatic carbocycles. The van der Waals surface area contributed by atoms with E-state index in [4.69, 9.17) is 18.0 Å². The molecule has 108 valence electrons. The van der Waals surface area contributed by atoms with Gasteiger partial charge in [-0.1, -0.05) is 12.2 Å². The summed E-state index contributed by atoms with van der Waals surface area (Å²) >= 11 is 6.81. The van der Waals surface area contributed by atoms with Crippen LogP contribution in [0.25, 0.3) is 0 Å². The number of halogens is 1. The van der Waals surface area contributed by atoms with Gasteiger partial charge in [0.15, 0.2) is 0 Å². The second kappa shape index (κ2) is 7.04. The molecular weight excluding hydrogens is 295 g/mol. The molecule has 3 N–H and O–H groups in total. The number of anilines is 1. The second-order valence-electron chi connectivity index (χ2n) is 4.86. The van der Waals surface area contributed by atoms with E-state index >= 15 is 0 Å². The molecule has 0 unspecified atom stereocenters. The first-order chi connectivity index (χ1) is 9.56. The normalized spacial score (nSPS) is 15.8. The van der Waals surface area contributed by atoms with Crippen LogP contribution in [0.5, 0.6) is 0 Å². The maximum Gasteiger partial charge on any atom is 0.224 e. The second-order valence-corrected chi connectivity index (χ2v) is 6.53. The monoisotopic (exact) mass is 312 g/mol. The lowest BCUT2D eigenvalue weighted by molar-refractivity contribution is -0.117. The van der Waals surface area contributed by atoms with Gasteiger partial charge in [0.05, 0.1) is 5.69 Å². The molecule has 1 aliphatic rings. The number of thiocarbonyl (C=S) groups is 1. The predicted octanol–water partition coefficient (Wildman–Crippen LogP) is 2.93. The van der Waals surface area contributed by atoms with Gasteiger partial charge < -0.3 is 11.1 Å². The summed E-state index contributed by atoms with van der Waals surface area (Å²) in [5.74, 6) is 2.19. The van der Waals surface area contributed by atoms with E-state index in [1.807, 2.05) is 11.8 Å². The van der Waals surface area contributed by atoms with Crippen LogP contribution in [-0.2, 0) is 4.79 Å². The zero-order chi connectivity index (χ0) is 14.5. The number of thioether (sulfide) groups is 1. The van der Waals surface area contributed by atoms with E-state index in [-0.39, 0.29) is 10.9 Å². The van der Waals surface area contributed by atoms with E-state index < -0.39 is 5.82 Å². The Morgan fingerprint density at radius 2 is 2.15 bits per heavy atom. The Kier molecular flexibility index (Phi) is 5.37. The van der Waals surface area contributed by atoms with Crippen LogP contribution in [0.3, 0.4) is 0 Å². The van der Waals surface area contributed by atoms with Crippen molar-refractivity contribution in [2.75, 3.05) is 16.8 Å². The molecule has 1 aromatic carbocycles. The van der Waals surface area contributed by atoms with E-state index in [2.05, 4.69) is 5.32 Å². The Balaban J connectivity index is 2.01. The number of hydrogen-bond donors (Lipinski definition) is 2. The smallest absolute Gasteiger partial charge is 0.224 e. The molecule has 1 fully saturated rings. The van der Waals surface area contributed by atoms with Crippen LogP contribution in [-0.4, -0.2) is 22.4 Å². The van der Waals surface area contributed by atoms with Crippen molar-refractivity contribution in [3.8, 4) is 0 Å². The van der Waals surface area contributed by atoms with Crippen molar-refractivity contribution in [1.29, 1.82) is 0 Å². The minimum absolute atomic E-state index is 0.0639. The van der Waals surface area contributed by atoms with Crippen LogP contribution in [0, 0.1) is 11.7 Å². The van der Waals surface area contributed by atoms with Crippen LogP contribution in [0.4, 0.5) is 10.1 Å². The Bertz CT molecular complexity index is 516. The van der Waals surface area contributed by atoms with Gasteiger partial charge in [0.2, 0.25) is 5.91 Å². The summed E-state index contributed by atoms with van der Waals surface area (Å²) in [6, 6.07) is 4.03. The summed E-state index contributed by atoms with van der Waals surface area (Å²) in [7, 11) is 0. The van der Waals surface area contributed by atoms with E-state index in [1.54, 1.807) is 0 Å². The highest BCUT2D eigenvalue weighted by molar-refractivity contribution is 7.99. The summed E-state index contributed by atoms with van der Waals surface area (Å²) in [4.78, 5) is 12.1. The summed E-state index contributed by atoms with van der Waals surface area (Å²) in [6.07, 6.45) is 2.64. The zero-order valence-corrected chi connectivity index (χ0v) is 12.7. The maximum absolute atomic E-state index is 13.2. The first kappa shape index (κ1) is 15.3. The molecule has 1 saturated heterocycles. The van der Waals surface area contributed by atoms with E-state index in [9.17, 15) is 9.18 Å². The van der Waals surface area contributed by atoms with E-state index in [0.717, 1.165) is 24.3 Å². The zero-order valence-electron chi connectivity index (χ0n) is 11.0. The van der Waals surface area contributed by atoms with Crippen molar-refractivity contribution in [1.82, 2.24) is 0 Å². The molecule has 1 aromatic rings. The summed E-state index contributed by atoms with van der Waals surface area (Å²) in [5, 5.41) is 2.79. The average molecular weight is 312 g/mol. The summed E-state index contributed by atoms with van der Waals surface area (Å²) in [5.41, 5.74) is 6.40. The maximum atomic E-state index is 13.2. The third-order valence-corrected chi connectivity index (χ3v) is 4.60. The molecule has 0 atom stereocenters. The van der Waals surface area contributed by atoms with Crippen molar-refractivity contribution in [2.45, 2.75) is 19.3 Å². The van der Waals surface area contributed by atoms with Gasteiger partial charge in [0.25, 0.3) is 0 Å². The number of benzene rings is 1. The highest BCUT2D eigenvalue weighted by Crippen LogP contribution is 2.26. The molecule has 20 heavy (non-hydrogen) atoms. The highest BCUT2D eigenvalue weighted by Gasteiger charge is 2.18. The quantitative estimate of drug-likeness (QED) is 0.839. The van der Waals surface area contributed by atoms with Gasteiger partial charge in [-0.05, 0) is 48.5 Å². The molecule has 1 aliphatic heterocycles. The first-order valence-electron chi connectivity index (χ1n) is 6.53. The lowest BCUT2D eigenvalue weighted by Crippen LogP contribution is -2.21. The average Bonchev–Trinajstić information content (AvgIpc) is 2.41.